The van der Waals surface area contributed by atoms with Crippen molar-refractivity contribution < 1.29 is 33.3 Å². The summed E-state index contributed by atoms with van der Waals surface area (Å²) in [7, 11) is 0. The maximum absolute atomic E-state index is 13.3. The van der Waals surface area contributed by atoms with Gasteiger partial charge in [0, 0.05) is 38.3 Å². The summed E-state index contributed by atoms with van der Waals surface area (Å²) in [5.74, 6) is -1.92. The smallest absolute Gasteiger partial charge is 0.409 e. The van der Waals surface area contributed by atoms with E-state index in [1.807, 2.05) is 0 Å². The van der Waals surface area contributed by atoms with E-state index in [0.717, 1.165) is 25.0 Å². The van der Waals surface area contributed by atoms with Crippen LogP contribution in [0.4, 0.5) is 13.6 Å². The molecule has 1 amide bonds. The topological polar surface area (TPSA) is 82.5 Å². The van der Waals surface area contributed by atoms with Gasteiger partial charge in [-0.25, -0.2) is 13.6 Å². The highest BCUT2D eigenvalue weighted by Crippen LogP contribution is 2.28. The van der Waals surface area contributed by atoms with E-state index in [4.69, 9.17) is 9.47 Å². The summed E-state index contributed by atoms with van der Waals surface area (Å²) in [6.45, 7) is 3.84. The second-order valence-corrected chi connectivity index (χ2v) is 7.66. The number of aliphatic hydroxyl groups is 2. The first-order valence-electron chi connectivity index (χ1n) is 9.96. The Labute approximate surface area is 168 Å². The molecule has 0 aliphatic carbocycles. The normalized spacial score (nSPS) is 26.4. The predicted molar refractivity (Wildman–Crippen MR) is 101 cm³/mol. The lowest BCUT2D eigenvalue weighted by Gasteiger charge is -2.47. The molecule has 1 aromatic carbocycles. The van der Waals surface area contributed by atoms with Gasteiger partial charge in [-0.15, -0.1) is 0 Å². The van der Waals surface area contributed by atoms with Crippen molar-refractivity contribution in [1.82, 2.24) is 9.80 Å². The van der Waals surface area contributed by atoms with E-state index < -0.39 is 23.3 Å². The van der Waals surface area contributed by atoms with Crippen LogP contribution >= 0.6 is 0 Å². The van der Waals surface area contributed by atoms with Crippen molar-refractivity contribution in [2.24, 2.45) is 0 Å². The van der Waals surface area contributed by atoms with Gasteiger partial charge in [0.2, 0.25) is 0 Å². The zero-order valence-electron chi connectivity index (χ0n) is 16.5. The molecule has 2 heterocycles. The molecule has 0 unspecified atom stereocenters. The van der Waals surface area contributed by atoms with E-state index in [9.17, 15) is 23.8 Å². The number of rotatable bonds is 5. The highest BCUT2D eigenvalue weighted by Gasteiger charge is 2.44. The van der Waals surface area contributed by atoms with Crippen LogP contribution < -0.4 is 4.74 Å². The van der Waals surface area contributed by atoms with Crippen LogP contribution in [-0.2, 0) is 4.74 Å². The molecule has 2 aliphatic rings. The molecule has 29 heavy (non-hydrogen) atoms. The second-order valence-electron chi connectivity index (χ2n) is 7.66. The molecule has 0 saturated carbocycles. The van der Waals surface area contributed by atoms with Crippen LogP contribution in [0.15, 0.2) is 18.2 Å². The van der Waals surface area contributed by atoms with Gasteiger partial charge >= 0.3 is 6.09 Å². The number of hydrogen-bond acceptors (Lipinski definition) is 6. The van der Waals surface area contributed by atoms with Gasteiger partial charge in [-0.2, -0.15) is 0 Å². The Morgan fingerprint density at radius 3 is 2.59 bits per heavy atom. The maximum atomic E-state index is 13.3. The Morgan fingerprint density at radius 1 is 1.21 bits per heavy atom. The summed E-state index contributed by atoms with van der Waals surface area (Å²) in [6, 6.07) is 3.31. The minimum absolute atomic E-state index is 0.0874. The zero-order chi connectivity index (χ0) is 21.0. The number of amides is 1. The van der Waals surface area contributed by atoms with Crippen molar-refractivity contribution in [3.8, 4) is 5.75 Å². The van der Waals surface area contributed by atoms with Crippen molar-refractivity contribution in [2.75, 3.05) is 39.4 Å². The largest absolute Gasteiger partial charge is 0.490 e. The number of likely N-dealkylation sites (tertiary alicyclic amines) is 2. The van der Waals surface area contributed by atoms with Gasteiger partial charge in [0.15, 0.2) is 11.6 Å². The molecule has 3 rings (SSSR count). The Morgan fingerprint density at radius 2 is 1.93 bits per heavy atom. The fraction of sp³-hybridized carbons (Fsp3) is 0.650. The molecule has 0 spiro atoms. The molecule has 2 saturated heterocycles. The number of carbonyl (C=O) groups is 1. The average molecular weight is 414 g/mol. The SMILES string of the molecule is CCOC(=O)N1CCC(N2CC[C@H](O)[C@@](O)(COc3ccc(F)c(F)c3)C2)CC1. The number of ether oxygens (including phenoxy) is 2. The molecule has 0 bridgehead atoms. The molecule has 0 aromatic heterocycles. The van der Waals surface area contributed by atoms with Crippen molar-refractivity contribution in [3.63, 3.8) is 0 Å². The lowest BCUT2D eigenvalue weighted by Crippen LogP contribution is -2.62. The Kier molecular flexibility index (Phi) is 6.92. The molecule has 1 aromatic rings. The summed E-state index contributed by atoms with van der Waals surface area (Å²) in [5.41, 5.74) is -1.53. The number of nitrogens with zero attached hydrogens (tertiary/aromatic N) is 2. The van der Waals surface area contributed by atoms with Crippen LogP contribution in [0.2, 0.25) is 0 Å². The van der Waals surface area contributed by atoms with Gasteiger partial charge in [0.1, 0.15) is 18.0 Å². The van der Waals surface area contributed by atoms with E-state index in [-0.39, 0.29) is 31.0 Å². The fourth-order valence-corrected chi connectivity index (χ4v) is 3.95. The number of aliphatic hydroxyl groups excluding tert-OH is 1. The summed E-state index contributed by atoms with van der Waals surface area (Å²) in [6.07, 6.45) is 0.569. The van der Waals surface area contributed by atoms with Crippen molar-refractivity contribution in [3.05, 3.63) is 29.8 Å². The second kappa shape index (κ2) is 9.23. The number of halogens is 2. The van der Waals surface area contributed by atoms with Gasteiger partial charge in [0.25, 0.3) is 0 Å². The van der Waals surface area contributed by atoms with Gasteiger partial charge in [-0.3, -0.25) is 4.90 Å². The van der Waals surface area contributed by atoms with Crippen molar-refractivity contribution in [1.29, 1.82) is 0 Å². The molecule has 2 atom stereocenters. The summed E-state index contributed by atoms with van der Waals surface area (Å²) >= 11 is 0. The van der Waals surface area contributed by atoms with Crippen molar-refractivity contribution in [2.45, 2.75) is 43.9 Å². The third-order valence-electron chi connectivity index (χ3n) is 5.67. The fourth-order valence-electron chi connectivity index (χ4n) is 3.95. The molecule has 162 valence electrons. The summed E-state index contributed by atoms with van der Waals surface area (Å²) in [5, 5.41) is 21.3. The predicted octanol–water partition coefficient (Wildman–Crippen LogP) is 1.76. The molecular weight excluding hydrogens is 386 g/mol. The molecule has 2 N–H and O–H groups in total. The first-order valence-corrected chi connectivity index (χ1v) is 9.96. The lowest BCUT2D eigenvalue weighted by atomic mass is 9.88. The lowest BCUT2D eigenvalue weighted by molar-refractivity contribution is -0.147. The van der Waals surface area contributed by atoms with Crippen molar-refractivity contribution >= 4 is 6.09 Å². The van der Waals surface area contributed by atoms with Gasteiger partial charge in [-0.1, -0.05) is 0 Å². The molecule has 0 radical (unpaired) electrons. The molecule has 9 heteroatoms. The van der Waals surface area contributed by atoms with Gasteiger partial charge < -0.3 is 24.6 Å². The third kappa shape index (κ3) is 5.15. The van der Waals surface area contributed by atoms with Crippen LogP contribution in [-0.4, -0.2) is 83.2 Å². The van der Waals surface area contributed by atoms with E-state index in [1.54, 1.807) is 11.8 Å². The number of carbonyl (C=O) groups excluding carboxylic acids is 1. The molecular formula is C20H28F2N2O5. The first kappa shape index (κ1) is 21.7. The third-order valence-corrected chi connectivity index (χ3v) is 5.67. The Bertz CT molecular complexity index is 714. The quantitative estimate of drug-likeness (QED) is 0.764. The molecule has 7 nitrogen and oxygen atoms in total. The van der Waals surface area contributed by atoms with Crippen LogP contribution in [0.5, 0.6) is 5.75 Å². The summed E-state index contributed by atoms with van der Waals surface area (Å²) < 4.78 is 36.9. The minimum Gasteiger partial charge on any atom is -0.490 e. The van der Waals surface area contributed by atoms with Crippen LogP contribution in [0.1, 0.15) is 26.2 Å². The van der Waals surface area contributed by atoms with Crippen LogP contribution in [0.3, 0.4) is 0 Å². The van der Waals surface area contributed by atoms with E-state index in [0.29, 0.717) is 32.7 Å². The number of piperidine rings is 2. The van der Waals surface area contributed by atoms with Crippen LogP contribution in [0.25, 0.3) is 0 Å². The standard InChI is InChI=1S/C20H28F2N2O5/c1-2-28-19(26)23-8-5-14(6-9-23)24-10-7-18(25)20(27,12-24)13-29-15-3-4-16(21)17(22)11-15/h3-4,11,14,18,25,27H,2,5-10,12-13H2,1H3/t18-,20-/m0/s1. The number of benzene rings is 1. The van der Waals surface area contributed by atoms with Crippen LogP contribution in [0, 0.1) is 11.6 Å². The van der Waals surface area contributed by atoms with E-state index >= 15 is 0 Å². The van der Waals surface area contributed by atoms with E-state index in [1.165, 1.54) is 6.07 Å². The number of β-amino-alcohol motifs (C(OH)–C–C–N with tert-alkyl or cyclic N) is 1. The monoisotopic (exact) mass is 414 g/mol. The highest BCUT2D eigenvalue weighted by atomic mass is 19.2. The molecule has 2 aliphatic heterocycles. The van der Waals surface area contributed by atoms with Gasteiger partial charge in [0.05, 0.1) is 12.7 Å². The number of hydrogen-bond donors (Lipinski definition) is 2. The highest BCUT2D eigenvalue weighted by molar-refractivity contribution is 5.67. The average Bonchev–Trinajstić information content (AvgIpc) is 2.71. The Hall–Kier alpha value is -1.97. The summed E-state index contributed by atoms with van der Waals surface area (Å²) in [4.78, 5) is 15.6. The Balaban J connectivity index is 1.56. The maximum Gasteiger partial charge on any atom is 0.409 e. The first-order chi connectivity index (χ1) is 13.8. The van der Waals surface area contributed by atoms with E-state index in [2.05, 4.69) is 4.90 Å². The molecule has 2 fully saturated rings. The minimum atomic E-state index is -1.53. The van der Waals surface area contributed by atoms with Gasteiger partial charge in [-0.05, 0) is 38.3 Å². The zero-order valence-corrected chi connectivity index (χ0v) is 16.5.